The number of rotatable bonds is 14. The second-order valence-electron chi connectivity index (χ2n) is 10.9. The molecule has 11 heteroatoms. The minimum atomic E-state index is -0.966. The largest absolute Gasteiger partial charge is 0.493 e. The van der Waals surface area contributed by atoms with E-state index >= 15 is 0 Å². The maximum absolute atomic E-state index is 13.7. The van der Waals surface area contributed by atoms with Gasteiger partial charge in [-0.25, -0.2) is 9.18 Å². The van der Waals surface area contributed by atoms with Gasteiger partial charge in [-0.05, 0) is 87.0 Å². The van der Waals surface area contributed by atoms with Crippen LogP contribution in [-0.4, -0.2) is 45.6 Å². The Balaban J connectivity index is 0.00000461. The third kappa shape index (κ3) is 7.02. The van der Waals surface area contributed by atoms with E-state index in [2.05, 4.69) is 28.2 Å². The topological polar surface area (TPSA) is 81.3 Å². The first-order chi connectivity index (χ1) is 21.3. The van der Waals surface area contributed by atoms with Crippen LogP contribution in [0.1, 0.15) is 53.6 Å². The predicted octanol–water partition coefficient (Wildman–Crippen LogP) is 8.58. The summed E-state index contributed by atoms with van der Waals surface area (Å²) in [6.45, 7) is 3.83. The van der Waals surface area contributed by atoms with Gasteiger partial charge in [0, 0.05) is 40.8 Å². The Morgan fingerprint density at radius 3 is 2.60 bits per heavy atom. The third-order valence-electron chi connectivity index (χ3n) is 8.12. The number of carboxylic acid groups (broad SMARTS) is 1. The maximum atomic E-state index is 13.7. The molecule has 0 fully saturated rings. The summed E-state index contributed by atoms with van der Waals surface area (Å²) in [5.41, 5.74) is 5.57. The van der Waals surface area contributed by atoms with E-state index in [-0.39, 0.29) is 23.9 Å². The highest BCUT2D eigenvalue weighted by Crippen LogP contribution is 2.43. The van der Waals surface area contributed by atoms with E-state index in [9.17, 15) is 14.3 Å². The van der Waals surface area contributed by atoms with E-state index in [1.807, 2.05) is 53.7 Å². The number of benzene rings is 3. The zero-order chi connectivity index (χ0) is 31.4. The zero-order valence-electron chi connectivity index (χ0n) is 25.6. The SMILES string of the molecule is CCc1nn(C)c(CBr)c1-c1c(Cl)ccc2c(CCCOc3cccc4cc(F)ccc34)c(C(=O)O)n(CCCCNC)c12.Cl. The van der Waals surface area contributed by atoms with Crippen molar-refractivity contribution in [2.75, 3.05) is 20.2 Å². The maximum Gasteiger partial charge on any atom is 0.352 e. The number of carbonyl (C=O) groups is 1. The molecule has 5 aromatic rings. The monoisotopic (exact) mass is 718 g/mol. The summed E-state index contributed by atoms with van der Waals surface area (Å²) < 4.78 is 23.7. The Bertz CT molecular complexity index is 1820. The molecule has 45 heavy (non-hydrogen) atoms. The minimum absolute atomic E-state index is 0. The minimum Gasteiger partial charge on any atom is -0.493 e. The molecule has 0 spiro atoms. The van der Waals surface area contributed by atoms with Crippen LogP contribution in [0.25, 0.3) is 32.8 Å². The van der Waals surface area contributed by atoms with Gasteiger partial charge in [-0.1, -0.05) is 52.7 Å². The average molecular weight is 721 g/mol. The molecule has 0 aliphatic heterocycles. The quantitative estimate of drug-likeness (QED) is 0.0888. The molecule has 2 aromatic heterocycles. The lowest BCUT2D eigenvalue weighted by Crippen LogP contribution is -2.13. The van der Waals surface area contributed by atoms with Crippen molar-refractivity contribution in [3.8, 4) is 16.9 Å². The molecule has 0 atom stereocenters. The highest BCUT2D eigenvalue weighted by molar-refractivity contribution is 9.08. The van der Waals surface area contributed by atoms with E-state index in [1.165, 1.54) is 12.1 Å². The summed E-state index contributed by atoms with van der Waals surface area (Å²) in [6.07, 6.45) is 3.52. The van der Waals surface area contributed by atoms with Crippen molar-refractivity contribution in [1.29, 1.82) is 0 Å². The van der Waals surface area contributed by atoms with Crippen LogP contribution in [0.4, 0.5) is 4.39 Å². The summed E-state index contributed by atoms with van der Waals surface area (Å²) in [6, 6.07) is 14.0. The van der Waals surface area contributed by atoms with E-state index in [0.717, 1.165) is 69.1 Å². The van der Waals surface area contributed by atoms with Gasteiger partial charge < -0.3 is 19.7 Å². The number of nitrogens with one attached hydrogen (secondary N) is 1. The van der Waals surface area contributed by atoms with Gasteiger partial charge in [-0.15, -0.1) is 12.4 Å². The number of halogens is 4. The van der Waals surface area contributed by atoms with Crippen molar-refractivity contribution in [2.45, 2.75) is 50.9 Å². The van der Waals surface area contributed by atoms with Crippen molar-refractivity contribution in [3.63, 3.8) is 0 Å². The van der Waals surface area contributed by atoms with Crippen LogP contribution in [-0.2, 0) is 31.8 Å². The second kappa shape index (κ2) is 15.5. The Morgan fingerprint density at radius 2 is 1.89 bits per heavy atom. The number of carboxylic acids is 1. The first-order valence-corrected chi connectivity index (χ1v) is 16.4. The van der Waals surface area contributed by atoms with Crippen LogP contribution >= 0.6 is 39.9 Å². The number of ether oxygens (including phenoxy) is 1. The molecule has 2 heterocycles. The molecule has 0 saturated heterocycles. The van der Waals surface area contributed by atoms with Gasteiger partial charge in [0.05, 0.1) is 28.5 Å². The average Bonchev–Trinajstić information content (AvgIpc) is 3.50. The van der Waals surface area contributed by atoms with Crippen molar-refractivity contribution >= 4 is 67.6 Å². The lowest BCUT2D eigenvalue weighted by Gasteiger charge is -2.14. The Labute approximate surface area is 282 Å². The number of hydrogen-bond acceptors (Lipinski definition) is 4. The second-order valence-corrected chi connectivity index (χ2v) is 11.8. The highest BCUT2D eigenvalue weighted by Gasteiger charge is 2.28. The van der Waals surface area contributed by atoms with E-state index in [0.29, 0.717) is 48.5 Å². The third-order valence-corrected chi connectivity index (χ3v) is 8.97. The summed E-state index contributed by atoms with van der Waals surface area (Å²) in [7, 11) is 3.84. The molecule has 3 aromatic carbocycles. The van der Waals surface area contributed by atoms with Crippen LogP contribution in [0, 0.1) is 5.82 Å². The molecular weight excluding hydrogens is 682 g/mol. The van der Waals surface area contributed by atoms with Crippen LogP contribution in [0.5, 0.6) is 5.75 Å². The van der Waals surface area contributed by atoms with Crippen molar-refractivity contribution in [1.82, 2.24) is 19.7 Å². The highest BCUT2D eigenvalue weighted by atomic mass is 79.9. The van der Waals surface area contributed by atoms with Gasteiger partial charge in [0.1, 0.15) is 17.3 Å². The predicted molar refractivity (Wildman–Crippen MR) is 186 cm³/mol. The molecule has 0 aliphatic rings. The lowest BCUT2D eigenvalue weighted by molar-refractivity contribution is 0.0684. The van der Waals surface area contributed by atoms with Gasteiger partial charge >= 0.3 is 5.97 Å². The van der Waals surface area contributed by atoms with Gasteiger partial charge in [-0.3, -0.25) is 4.68 Å². The fraction of sp³-hybridized carbons (Fsp3) is 0.353. The lowest BCUT2D eigenvalue weighted by atomic mass is 9.97. The number of hydrogen-bond donors (Lipinski definition) is 2. The van der Waals surface area contributed by atoms with Crippen LogP contribution in [0.2, 0.25) is 5.02 Å². The van der Waals surface area contributed by atoms with Crippen molar-refractivity contribution < 1.29 is 19.0 Å². The van der Waals surface area contributed by atoms with Crippen molar-refractivity contribution in [2.24, 2.45) is 7.05 Å². The van der Waals surface area contributed by atoms with Crippen LogP contribution in [0.15, 0.2) is 48.5 Å². The first kappa shape index (κ1) is 34.8. The molecule has 0 unspecified atom stereocenters. The number of unbranched alkanes of at least 4 members (excludes halogenated alkanes) is 1. The smallest absolute Gasteiger partial charge is 0.352 e. The number of fused-ring (bicyclic) bond motifs is 2. The Morgan fingerprint density at radius 1 is 1.11 bits per heavy atom. The van der Waals surface area contributed by atoms with E-state index in [1.54, 1.807) is 6.07 Å². The van der Waals surface area contributed by atoms with E-state index in [4.69, 9.17) is 21.4 Å². The fourth-order valence-electron chi connectivity index (χ4n) is 6.11. The number of aromatic nitrogens is 3. The number of aryl methyl sites for hydroxylation is 4. The zero-order valence-corrected chi connectivity index (χ0v) is 28.8. The molecule has 0 amide bonds. The molecule has 240 valence electrons. The van der Waals surface area contributed by atoms with Gasteiger partial charge in [0.2, 0.25) is 0 Å². The van der Waals surface area contributed by atoms with Gasteiger partial charge in [-0.2, -0.15) is 5.10 Å². The summed E-state index contributed by atoms with van der Waals surface area (Å²) in [5.74, 6) is -0.585. The Kier molecular flexibility index (Phi) is 11.9. The molecule has 5 rings (SSSR count). The molecular formula is C34H38BrCl2FN4O3. The molecule has 7 nitrogen and oxygen atoms in total. The molecule has 0 aliphatic carbocycles. The van der Waals surface area contributed by atoms with Crippen LogP contribution < -0.4 is 10.1 Å². The molecule has 0 bridgehead atoms. The number of nitrogens with zero attached hydrogens (tertiary/aromatic N) is 3. The van der Waals surface area contributed by atoms with E-state index < -0.39 is 5.97 Å². The molecule has 0 radical (unpaired) electrons. The normalized spacial score (nSPS) is 11.3. The summed E-state index contributed by atoms with van der Waals surface area (Å²) in [4.78, 5) is 13.0. The fourth-order valence-corrected chi connectivity index (χ4v) is 7.00. The van der Waals surface area contributed by atoms with Crippen LogP contribution in [0.3, 0.4) is 0 Å². The Hall–Kier alpha value is -3.11. The van der Waals surface area contributed by atoms with Crippen molar-refractivity contribution in [3.05, 3.63) is 82.0 Å². The molecule has 0 saturated carbocycles. The summed E-state index contributed by atoms with van der Waals surface area (Å²) >= 11 is 10.6. The van der Waals surface area contributed by atoms with Gasteiger partial charge in [0.25, 0.3) is 0 Å². The van der Waals surface area contributed by atoms with Gasteiger partial charge in [0.15, 0.2) is 0 Å². The number of alkyl halides is 1. The summed E-state index contributed by atoms with van der Waals surface area (Å²) in [5, 5.41) is 22.2. The number of aromatic carboxylic acids is 1. The first-order valence-electron chi connectivity index (χ1n) is 14.9. The standard InChI is InChI=1S/C34H37BrClFN4O3.ClH/c1-4-27-31(28(20-35)40(3)39-27)30-26(36)15-14-25-24(33(34(42)43)41(32(25)30)17-6-5-16-38-2)10-8-18-44-29-11-7-9-21-19-22(37)12-13-23(21)29;/h7,9,11-15,19,38H,4-6,8,10,16-18,20H2,1-3H3,(H,42,43);1H. The molecule has 2 N–H and O–H groups in total.